The first-order valence-electron chi connectivity index (χ1n) is 10.8. The molecule has 1 aromatic carbocycles. The third-order valence-corrected chi connectivity index (χ3v) is 7.56. The Bertz CT molecular complexity index is 781. The van der Waals surface area contributed by atoms with Crippen molar-refractivity contribution in [1.29, 1.82) is 0 Å². The molecule has 2 rings (SSSR count). The van der Waals surface area contributed by atoms with Gasteiger partial charge in [-0.2, -0.15) is 0 Å². The van der Waals surface area contributed by atoms with Crippen molar-refractivity contribution in [1.82, 2.24) is 10.2 Å². The van der Waals surface area contributed by atoms with Gasteiger partial charge in [0.1, 0.15) is 5.75 Å². The minimum atomic E-state index is -3.38. The minimum absolute atomic E-state index is 0.116. The van der Waals surface area contributed by atoms with Crippen LogP contribution in [0.1, 0.15) is 71.8 Å². The van der Waals surface area contributed by atoms with E-state index in [0.717, 1.165) is 24.2 Å². The van der Waals surface area contributed by atoms with Crippen molar-refractivity contribution in [3.63, 3.8) is 0 Å². The Morgan fingerprint density at radius 1 is 1.17 bits per heavy atom. The standard InChI is InChI=1S/C22H36N2O5S/c1-5-6-14-28-20-9-7-8-17(15-20)16-29-23-21(25)18-10-12-19(13-11-18)24-30(26,27)22(2,3)4/h7-9,15,18-19,24H,5-6,10-14,16H2,1-4H3,(H,23,25)/t18-,19-. The van der Waals surface area contributed by atoms with Crippen molar-refractivity contribution in [3.05, 3.63) is 29.8 Å². The van der Waals surface area contributed by atoms with Crippen LogP contribution in [0.3, 0.4) is 0 Å². The lowest BCUT2D eigenvalue weighted by atomic mass is 9.86. The Kier molecular flexibility index (Phi) is 9.12. The number of hydroxylamine groups is 1. The molecule has 30 heavy (non-hydrogen) atoms. The van der Waals surface area contributed by atoms with Crippen LogP contribution >= 0.6 is 0 Å². The Hall–Kier alpha value is -1.64. The summed E-state index contributed by atoms with van der Waals surface area (Å²) in [6.07, 6.45) is 4.64. The number of rotatable bonds is 10. The van der Waals surface area contributed by atoms with Gasteiger partial charge < -0.3 is 4.74 Å². The van der Waals surface area contributed by atoms with E-state index < -0.39 is 14.8 Å². The first kappa shape index (κ1) is 24.6. The maximum absolute atomic E-state index is 12.4. The molecular formula is C22H36N2O5S. The van der Waals surface area contributed by atoms with E-state index in [4.69, 9.17) is 9.57 Å². The highest BCUT2D eigenvalue weighted by molar-refractivity contribution is 7.90. The van der Waals surface area contributed by atoms with Gasteiger partial charge in [-0.1, -0.05) is 25.5 Å². The largest absolute Gasteiger partial charge is 0.494 e. The SMILES string of the molecule is CCCCOc1cccc(CONC(=O)[C@H]2CC[C@H](NS(=O)(=O)C(C)(C)C)CC2)c1. The Morgan fingerprint density at radius 2 is 1.87 bits per heavy atom. The fourth-order valence-electron chi connectivity index (χ4n) is 3.20. The molecule has 0 heterocycles. The fourth-order valence-corrected chi connectivity index (χ4v) is 4.23. The molecule has 2 N–H and O–H groups in total. The molecular weight excluding hydrogens is 404 g/mol. The first-order valence-corrected chi connectivity index (χ1v) is 12.3. The van der Waals surface area contributed by atoms with Crippen LogP contribution in [0.2, 0.25) is 0 Å². The van der Waals surface area contributed by atoms with Gasteiger partial charge in [0.05, 0.1) is 18.0 Å². The molecule has 1 aromatic rings. The molecule has 0 radical (unpaired) electrons. The molecule has 1 aliphatic rings. The number of carbonyl (C=O) groups excluding carboxylic acids is 1. The highest BCUT2D eigenvalue weighted by atomic mass is 32.2. The van der Waals surface area contributed by atoms with E-state index in [1.165, 1.54) is 0 Å². The van der Waals surface area contributed by atoms with Crippen molar-refractivity contribution in [2.24, 2.45) is 5.92 Å². The fraction of sp³-hybridized carbons (Fsp3) is 0.682. The lowest BCUT2D eigenvalue weighted by Crippen LogP contribution is -2.46. The van der Waals surface area contributed by atoms with E-state index >= 15 is 0 Å². The van der Waals surface area contributed by atoms with Crippen LogP contribution in [0, 0.1) is 5.92 Å². The highest BCUT2D eigenvalue weighted by Gasteiger charge is 2.34. The molecule has 0 aliphatic heterocycles. The summed E-state index contributed by atoms with van der Waals surface area (Å²) in [6, 6.07) is 7.53. The van der Waals surface area contributed by atoms with Gasteiger partial charge in [-0.15, -0.1) is 0 Å². The Morgan fingerprint density at radius 3 is 2.50 bits per heavy atom. The zero-order chi connectivity index (χ0) is 22.2. The van der Waals surface area contributed by atoms with Crippen molar-refractivity contribution in [2.75, 3.05) is 6.61 Å². The molecule has 7 nitrogen and oxygen atoms in total. The second kappa shape index (κ2) is 11.1. The summed E-state index contributed by atoms with van der Waals surface area (Å²) in [6.45, 7) is 8.10. The van der Waals surface area contributed by atoms with Gasteiger partial charge in [0.25, 0.3) is 0 Å². The first-order chi connectivity index (χ1) is 14.1. The quantitative estimate of drug-likeness (QED) is 0.427. The van der Waals surface area contributed by atoms with Gasteiger partial charge in [-0.25, -0.2) is 18.6 Å². The van der Waals surface area contributed by atoms with E-state index in [0.29, 0.717) is 32.3 Å². The number of hydrogen-bond donors (Lipinski definition) is 2. The zero-order valence-electron chi connectivity index (χ0n) is 18.6. The molecule has 1 amide bonds. The van der Waals surface area contributed by atoms with E-state index in [-0.39, 0.29) is 24.5 Å². The number of sulfonamides is 1. The molecule has 0 atom stereocenters. The van der Waals surface area contributed by atoms with Gasteiger partial charge >= 0.3 is 0 Å². The van der Waals surface area contributed by atoms with E-state index in [1.807, 2.05) is 24.3 Å². The van der Waals surface area contributed by atoms with Crippen LogP contribution in [-0.2, 0) is 26.3 Å². The number of nitrogens with one attached hydrogen (secondary N) is 2. The van der Waals surface area contributed by atoms with Crippen LogP contribution in [0.25, 0.3) is 0 Å². The molecule has 0 saturated heterocycles. The zero-order valence-corrected chi connectivity index (χ0v) is 19.4. The predicted molar refractivity (Wildman–Crippen MR) is 117 cm³/mol. The molecule has 1 aliphatic carbocycles. The summed E-state index contributed by atoms with van der Waals surface area (Å²) < 4.78 is 32.2. The van der Waals surface area contributed by atoms with E-state index in [9.17, 15) is 13.2 Å². The molecule has 0 spiro atoms. The predicted octanol–water partition coefficient (Wildman–Crippen LogP) is 3.69. The summed E-state index contributed by atoms with van der Waals surface area (Å²) in [4.78, 5) is 17.8. The number of carbonyl (C=O) groups is 1. The maximum atomic E-state index is 12.4. The second-order valence-electron chi connectivity index (χ2n) is 8.89. The normalized spacial score (nSPS) is 20.0. The lowest BCUT2D eigenvalue weighted by Gasteiger charge is -2.30. The van der Waals surface area contributed by atoms with Gasteiger partial charge in [0.2, 0.25) is 15.9 Å². The number of ether oxygens (including phenoxy) is 1. The van der Waals surface area contributed by atoms with Crippen molar-refractivity contribution >= 4 is 15.9 Å². The third-order valence-electron chi connectivity index (χ3n) is 5.30. The summed E-state index contributed by atoms with van der Waals surface area (Å²) in [5, 5.41) is 0. The summed E-state index contributed by atoms with van der Waals surface area (Å²) in [5.74, 6) is 0.485. The average molecular weight is 441 g/mol. The lowest BCUT2D eigenvalue weighted by molar-refractivity contribution is -0.139. The van der Waals surface area contributed by atoms with Crippen LogP contribution in [-0.4, -0.2) is 31.7 Å². The number of amides is 1. The van der Waals surface area contributed by atoms with E-state index in [2.05, 4.69) is 17.1 Å². The molecule has 170 valence electrons. The smallest absolute Gasteiger partial charge is 0.246 e. The monoisotopic (exact) mass is 440 g/mol. The number of unbranched alkanes of at least 4 members (excludes halogenated alkanes) is 1. The Labute approximate surface area is 180 Å². The summed E-state index contributed by atoms with van der Waals surface area (Å²) in [5.41, 5.74) is 3.46. The van der Waals surface area contributed by atoms with Crippen LogP contribution in [0.15, 0.2) is 24.3 Å². The maximum Gasteiger partial charge on any atom is 0.246 e. The number of benzene rings is 1. The van der Waals surface area contributed by atoms with Crippen LogP contribution in [0.5, 0.6) is 5.75 Å². The number of hydrogen-bond acceptors (Lipinski definition) is 5. The van der Waals surface area contributed by atoms with Crippen molar-refractivity contribution < 1.29 is 22.8 Å². The van der Waals surface area contributed by atoms with Crippen LogP contribution in [0.4, 0.5) is 0 Å². The van der Waals surface area contributed by atoms with E-state index in [1.54, 1.807) is 20.8 Å². The third kappa shape index (κ3) is 7.56. The van der Waals surface area contributed by atoms with Gasteiger partial charge in [0.15, 0.2) is 0 Å². The molecule has 8 heteroatoms. The second-order valence-corrected chi connectivity index (χ2v) is 11.4. The minimum Gasteiger partial charge on any atom is -0.494 e. The molecule has 1 fully saturated rings. The van der Waals surface area contributed by atoms with Gasteiger partial charge in [-0.3, -0.25) is 9.63 Å². The van der Waals surface area contributed by atoms with Gasteiger partial charge in [-0.05, 0) is 70.6 Å². The average Bonchev–Trinajstić information content (AvgIpc) is 2.68. The molecule has 0 bridgehead atoms. The highest BCUT2D eigenvalue weighted by Crippen LogP contribution is 2.26. The van der Waals surface area contributed by atoms with Crippen molar-refractivity contribution in [2.45, 2.75) is 83.6 Å². The van der Waals surface area contributed by atoms with Gasteiger partial charge in [0, 0.05) is 12.0 Å². The summed E-state index contributed by atoms with van der Waals surface area (Å²) in [7, 11) is -3.38. The molecule has 0 unspecified atom stereocenters. The molecule has 0 aromatic heterocycles. The summed E-state index contributed by atoms with van der Waals surface area (Å²) >= 11 is 0. The topological polar surface area (TPSA) is 93.7 Å². The molecule has 1 saturated carbocycles. The Balaban J connectivity index is 1.72. The van der Waals surface area contributed by atoms with Crippen molar-refractivity contribution in [3.8, 4) is 5.75 Å². The van der Waals surface area contributed by atoms with Crippen LogP contribution < -0.4 is 14.9 Å².